The first kappa shape index (κ1) is 20.4. The highest BCUT2D eigenvalue weighted by Crippen LogP contribution is 2.37. The number of thiophene rings is 2. The Balaban J connectivity index is 1.25. The Hall–Kier alpha value is -2.48. The third kappa shape index (κ3) is 4.18. The summed E-state index contributed by atoms with van der Waals surface area (Å²) in [6.45, 7) is 3.95. The fourth-order valence-electron chi connectivity index (χ4n) is 4.54. The van der Waals surface area contributed by atoms with Crippen molar-refractivity contribution in [3.63, 3.8) is 0 Å². The van der Waals surface area contributed by atoms with Gasteiger partial charge in [-0.25, -0.2) is 0 Å². The standard InChI is InChI=1S/C24H25N3O2S2/c28-22(16-25-10-12-26(13-11-25)24(29)19-7-14-30-17-19)27-9-6-21-20(8-15-31-21)23(27)18-4-2-1-3-5-18/h1-5,7-8,14-15,17,23H,6,9-13,16H2/t23-/m1/s1. The zero-order chi connectivity index (χ0) is 21.2. The molecule has 0 radical (unpaired) electrons. The van der Waals surface area contributed by atoms with Gasteiger partial charge in [0.15, 0.2) is 0 Å². The molecule has 1 aromatic carbocycles. The Bertz CT molecular complexity index is 1040. The van der Waals surface area contributed by atoms with Crippen LogP contribution in [0.1, 0.15) is 32.4 Å². The SMILES string of the molecule is O=C(c1ccsc1)N1CCN(CC(=O)N2CCc3sccc3[C@H]2c2ccccc2)CC1. The molecule has 2 aliphatic rings. The summed E-state index contributed by atoms with van der Waals surface area (Å²) in [6.07, 6.45) is 0.922. The lowest BCUT2D eigenvalue weighted by molar-refractivity contribution is -0.134. The van der Waals surface area contributed by atoms with Crippen LogP contribution in [0.15, 0.2) is 58.6 Å². The number of benzene rings is 1. The minimum Gasteiger partial charge on any atom is -0.336 e. The van der Waals surface area contributed by atoms with E-state index in [9.17, 15) is 9.59 Å². The van der Waals surface area contributed by atoms with Gasteiger partial charge in [0.25, 0.3) is 5.91 Å². The molecule has 3 aromatic rings. The van der Waals surface area contributed by atoms with E-state index in [2.05, 4.69) is 28.5 Å². The first-order valence-corrected chi connectivity index (χ1v) is 12.5. The minimum absolute atomic E-state index is 0.00911. The summed E-state index contributed by atoms with van der Waals surface area (Å²) in [6, 6.07) is 14.4. The number of rotatable bonds is 4. The average molecular weight is 452 g/mol. The van der Waals surface area contributed by atoms with Crippen molar-refractivity contribution < 1.29 is 9.59 Å². The highest BCUT2D eigenvalue weighted by atomic mass is 32.1. The zero-order valence-corrected chi connectivity index (χ0v) is 18.9. The number of hydrogen-bond donors (Lipinski definition) is 0. The summed E-state index contributed by atoms with van der Waals surface area (Å²) in [5.74, 6) is 0.265. The number of carbonyl (C=O) groups excluding carboxylic acids is 2. The molecule has 4 heterocycles. The van der Waals surface area contributed by atoms with Crippen molar-refractivity contribution in [1.82, 2.24) is 14.7 Å². The molecule has 7 heteroatoms. The van der Waals surface area contributed by atoms with Gasteiger partial charge in [-0.15, -0.1) is 11.3 Å². The van der Waals surface area contributed by atoms with Gasteiger partial charge in [0.1, 0.15) is 0 Å². The first-order chi connectivity index (χ1) is 15.2. The van der Waals surface area contributed by atoms with E-state index in [1.807, 2.05) is 44.8 Å². The van der Waals surface area contributed by atoms with E-state index in [1.165, 1.54) is 16.0 Å². The highest BCUT2D eigenvalue weighted by molar-refractivity contribution is 7.10. The number of piperazine rings is 1. The fraction of sp³-hybridized carbons (Fsp3) is 0.333. The van der Waals surface area contributed by atoms with Crippen LogP contribution >= 0.6 is 22.7 Å². The second-order valence-electron chi connectivity index (χ2n) is 8.03. The number of nitrogens with zero attached hydrogens (tertiary/aromatic N) is 3. The molecule has 5 nitrogen and oxygen atoms in total. The maximum atomic E-state index is 13.4. The molecule has 0 N–H and O–H groups in total. The number of carbonyl (C=O) groups is 2. The average Bonchev–Trinajstić information content (AvgIpc) is 3.51. The summed E-state index contributed by atoms with van der Waals surface area (Å²) in [4.78, 5) is 33.5. The molecule has 0 unspecified atom stereocenters. The predicted molar refractivity (Wildman–Crippen MR) is 125 cm³/mol. The molecule has 0 bridgehead atoms. The van der Waals surface area contributed by atoms with E-state index in [1.54, 1.807) is 22.7 Å². The van der Waals surface area contributed by atoms with Crippen molar-refractivity contribution in [3.8, 4) is 0 Å². The first-order valence-electron chi connectivity index (χ1n) is 10.7. The molecule has 2 amide bonds. The van der Waals surface area contributed by atoms with Crippen molar-refractivity contribution in [2.75, 3.05) is 39.3 Å². The van der Waals surface area contributed by atoms with Crippen molar-refractivity contribution in [3.05, 3.63) is 80.2 Å². The van der Waals surface area contributed by atoms with E-state index in [0.29, 0.717) is 19.6 Å². The van der Waals surface area contributed by atoms with Crippen LogP contribution in [-0.2, 0) is 11.2 Å². The van der Waals surface area contributed by atoms with Crippen LogP contribution in [0.4, 0.5) is 0 Å². The second-order valence-corrected chi connectivity index (χ2v) is 9.81. The lowest BCUT2D eigenvalue weighted by Crippen LogP contribution is -2.52. The number of hydrogen-bond acceptors (Lipinski definition) is 5. The van der Waals surface area contributed by atoms with Crippen molar-refractivity contribution in [2.45, 2.75) is 12.5 Å². The minimum atomic E-state index is -0.00911. The Kier molecular flexibility index (Phi) is 5.89. The van der Waals surface area contributed by atoms with Gasteiger partial charge in [-0.1, -0.05) is 30.3 Å². The number of fused-ring (bicyclic) bond motifs is 1. The van der Waals surface area contributed by atoms with Gasteiger partial charge in [-0.3, -0.25) is 14.5 Å². The summed E-state index contributed by atoms with van der Waals surface area (Å²) < 4.78 is 0. The lowest BCUT2D eigenvalue weighted by atomic mass is 9.93. The van der Waals surface area contributed by atoms with Gasteiger partial charge in [-0.05, 0) is 40.4 Å². The van der Waals surface area contributed by atoms with E-state index in [4.69, 9.17) is 0 Å². The Morgan fingerprint density at radius 3 is 2.48 bits per heavy atom. The summed E-state index contributed by atoms with van der Waals surface area (Å²) in [5, 5.41) is 5.97. The fourth-order valence-corrected chi connectivity index (χ4v) is 6.07. The van der Waals surface area contributed by atoms with E-state index in [-0.39, 0.29) is 17.9 Å². The van der Waals surface area contributed by atoms with Crippen molar-refractivity contribution >= 4 is 34.5 Å². The molecule has 2 aromatic heterocycles. The maximum absolute atomic E-state index is 13.4. The van der Waals surface area contributed by atoms with Gasteiger partial charge in [-0.2, -0.15) is 11.3 Å². The molecule has 31 heavy (non-hydrogen) atoms. The summed E-state index contributed by atoms with van der Waals surface area (Å²) in [7, 11) is 0. The molecule has 0 spiro atoms. The van der Waals surface area contributed by atoms with E-state index in [0.717, 1.165) is 31.6 Å². The molecule has 2 aliphatic heterocycles. The number of amides is 2. The van der Waals surface area contributed by atoms with Crippen LogP contribution in [-0.4, -0.2) is 65.8 Å². The molecule has 0 saturated carbocycles. The van der Waals surface area contributed by atoms with E-state index >= 15 is 0 Å². The largest absolute Gasteiger partial charge is 0.336 e. The third-order valence-corrected chi connectivity index (χ3v) is 7.87. The van der Waals surface area contributed by atoms with Crippen LogP contribution in [0.25, 0.3) is 0 Å². The monoisotopic (exact) mass is 451 g/mol. The van der Waals surface area contributed by atoms with Crippen LogP contribution in [0.3, 0.4) is 0 Å². The lowest BCUT2D eigenvalue weighted by Gasteiger charge is -2.39. The van der Waals surface area contributed by atoms with Crippen LogP contribution in [0.2, 0.25) is 0 Å². The van der Waals surface area contributed by atoms with Crippen LogP contribution < -0.4 is 0 Å². The second kappa shape index (κ2) is 8.94. The molecule has 1 fully saturated rings. The maximum Gasteiger partial charge on any atom is 0.254 e. The third-order valence-electron chi connectivity index (χ3n) is 6.19. The Morgan fingerprint density at radius 2 is 1.74 bits per heavy atom. The summed E-state index contributed by atoms with van der Waals surface area (Å²) in [5.41, 5.74) is 3.20. The summed E-state index contributed by atoms with van der Waals surface area (Å²) >= 11 is 3.33. The molecule has 1 saturated heterocycles. The molecular formula is C24H25N3O2S2. The quantitative estimate of drug-likeness (QED) is 0.607. The van der Waals surface area contributed by atoms with Crippen LogP contribution in [0.5, 0.6) is 0 Å². The van der Waals surface area contributed by atoms with Gasteiger partial charge < -0.3 is 9.80 Å². The normalized spacial score (nSPS) is 19.3. The van der Waals surface area contributed by atoms with Crippen LogP contribution in [0, 0.1) is 0 Å². The van der Waals surface area contributed by atoms with Gasteiger partial charge >= 0.3 is 0 Å². The molecule has 1 atom stereocenters. The van der Waals surface area contributed by atoms with Crippen molar-refractivity contribution in [1.29, 1.82) is 0 Å². The topological polar surface area (TPSA) is 43.9 Å². The smallest absolute Gasteiger partial charge is 0.254 e. The van der Waals surface area contributed by atoms with Gasteiger partial charge in [0.05, 0.1) is 18.2 Å². The Labute approximate surface area is 190 Å². The molecule has 5 rings (SSSR count). The van der Waals surface area contributed by atoms with Gasteiger partial charge in [0.2, 0.25) is 5.91 Å². The molecular weight excluding hydrogens is 426 g/mol. The molecule has 160 valence electrons. The van der Waals surface area contributed by atoms with E-state index < -0.39 is 0 Å². The Morgan fingerprint density at radius 1 is 0.935 bits per heavy atom. The predicted octanol–water partition coefficient (Wildman–Crippen LogP) is 3.74. The van der Waals surface area contributed by atoms with Crippen molar-refractivity contribution in [2.24, 2.45) is 0 Å². The zero-order valence-electron chi connectivity index (χ0n) is 17.3. The van der Waals surface area contributed by atoms with Gasteiger partial charge in [0, 0.05) is 43.0 Å². The molecule has 0 aliphatic carbocycles. The highest BCUT2D eigenvalue weighted by Gasteiger charge is 2.34.